The number of nitro benzene ring substituents is 1. The standard InChI is InChI=1S/C12H13N3O6/c1-2-13-12(18)14-10(16)7-21-11(17)8-4-3-5-9(6-8)15(19)20/h3-6H,2,7H2,1H3,(H2,13,14,16,18). The van der Waals surface area contributed by atoms with Gasteiger partial charge in [-0.3, -0.25) is 20.2 Å². The zero-order valence-corrected chi connectivity index (χ0v) is 11.1. The fraction of sp³-hybridized carbons (Fsp3) is 0.250. The molecule has 0 aliphatic heterocycles. The maximum Gasteiger partial charge on any atom is 0.338 e. The Morgan fingerprint density at radius 3 is 2.67 bits per heavy atom. The molecule has 0 unspecified atom stereocenters. The Bertz CT molecular complexity index is 572. The van der Waals surface area contributed by atoms with Gasteiger partial charge in [0.1, 0.15) is 0 Å². The summed E-state index contributed by atoms with van der Waals surface area (Å²) in [7, 11) is 0. The number of imide groups is 1. The SMILES string of the molecule is CCNC(=O)NC(=O)COC(=O)c1cccc([N+](=O)[O-])c1. The molecule has 0 heterocycles. The van der Waals surface area contributed by atoms with E-state index in [2.05, 4.69) is 10.1 Å². The Kier molecular flexibility index (Phi) is 5.80. The molecule has 0 fully saturated rings. The Morgan fingerprint density at radius 2 is 2.05 bits per heavy atom. The Labute approximate surface area is 119 Å². The second kappa shape index (κ2) is 7.58. The number of nitrogens with zero attached hydrogens (tertiary/aromatic N) is 1. The van der Waals surface area contributed by atoms with Crippen molar-refractivity contribution in [2.24, 2.45) is 0 Å². The number of rotatable bonds is 5. The highest BCUT2D eigenvalue weighted by molar-refractivity contribution is 5.97. The summed E-state index contributed by atoms with van der Waals surface area (Å²) in [6.45, 7) is 1.34. The molecule has 0 aliphatic carbocycles. The average molecular weight is 295 g/mol. The van der Waals surface area contributed by atoms with Gasteiger partial charge in [0.2, 0.25) is 0 Å². The van der Waals surface area contributed by atoms with E-state index in [1.54, 1.807) is 6.92 Å². The second-order valence-electron chi connectivity index (χ2n) is 3.79. The van der Waals surface area contributed by atoms with Gasteiger partial charge in [-0.2, -0.15) is 0 Å². The summed E-state index contributed by atoms with van der Waals surface area (Å²) in [6.07, 6.45) is 0. The largest absolute Gasteiger partial charge is 0.452 e. The van der Waals surface area contributed by atoms with Crippen molar-refractivity contribution in [1.29, 1.82) is 0 Å². The molecule has 0 bridgehead atoms. The number of nitro groups is 1. The van der Waals surface area contributed by atoms with Gasteiger partial charge in [0.05, 0.1) is 10.5 Å². The number of carbonyl (C=O) groups excluding carboxylic acids is 3. The quantitative estimate of drug-likeness (QED) is 0.465. The van der Waals surface area contributed by atoms with Gasteiger partial charge >= 0.3 is 12.0 Å². The fourth-order valence-corrected chi connectivity index (χ4v) is 1.33. The van der Waals surface area contributed by atoms with E-state index in [9.17, 15) is 24.5 Å². The van der Waals surface area contributed by atoms with Gasteiger partial charge in [-0.25, -0.2) is 9.59 Å². The highest BCUT2D eigenvalue weighted by Gasteiger charge is 2.14. The minimum absolute atomic E-state index is 0.0602. The normalized spacial score (nSPS) is 9.57. The molecule has 0 saturated heterocycles. The minimum Gasteiger partial charge on any atom is -0.452 e. The smallest absolute Gasteiger partial charge is 0.338 e. The lowest BCUT2D eigenvalue weighted by molar-refractivity contribution is -0.384. The molecule has 1 aromatic rings. The number of carbonyl (C=O) groups is 3. The number of ether oxygens (including phenoxy) is 1. The number of esters is 1. The van der Waals surface area contributed by atoms with Crippen LogP contribution >= 0.6 is 0 Å². The van der Waals surface area contributed by atoms with Gasteiger partial charge in [-0.15, -0.1) is 0 Å². The van der Waals surface area contributed by atoms with E-state index in [0.717, 1.165) is 6.07 Å². The van der Waals surface area contributed by atoms with E-state index in [1.807, 2.05) is 5.32 Å². The van der Waals surface area contributed by atoms with Crippen LogP contribution in [0.1, 0.15) is 17.3 Å². The number of amides is 3. The first-order valence-corrected chi connectivity index (χ1v) is 5.93. The van der Waals surface area contributed by atoms with Crippen molar-refractivity contribution in [3.05, 3.63) is 39.9 Å². The van der Waals surface area contributed by atoms with Crippen molar-refractivity contribution in [2.75, 3.05) is 13.2 Å². The molecule has 9 nitrogen and oxygen atoms in total. The van der Waals surface area contributed by atoms with Gasteiger partial charge in [0, 0.05) is 18.7 Å². The maximum absolute atomic E-state index is 11.6. The van der Waals surface area contributed by atoms with Crippen molar-refractivity contribution in [3.8, 4) is 0 Å². The first-order chi connectivity index (χ1) is 9.93. The van der Waals surface area contributed by atoms with Crippen LogP contribution in [0.4, 0.5) is 10.5 Å². The molecule has 3 amide bonds. The van der Waals surface area contributed by atoms with E-state index in [-0.39, 0.29) is 11.3 Å². The maximum atomic E-state index is 11.6. The third-order valence-electron chi connectivity index (χ3n) is 2.22. The molecule has 0 saturated carbocycles. The molecule has 2 N–H and O–H groups in total. The van der Waals surface area contributed by atoms with Crippen molar-refractivity contribution < 1.29 is 24.0 Å². The molecule has 1 aromatic carbocycles. The molecule has 0 aliphatic rings. The lowest BCUT2D eigenvalue weighted by atomic mass is 10.2. The zero-order valence-electron chi connectivity index (χ0n) is 11.1. The molecule has 9 heteroatoms. The van der Waals surface area contributed by atoms with Crippen molar-refractivity contribution in [3.63, 3.8) is 0 Å². The van der Waals surface area contributed by atoms with Crippen LogP contribution < -0.4 is 10.6 Å². The van der Waals surface area contributed by atoms with Crippen LogP contribution in [0, 0.1) is 10.1 Å². The molecular weight excluding hydrogens is 282 g/mol. The van der Waals surface area contributed by atoms with E-state index >= 15 is 0 Å². The number of non-ortho nitro benzene ring substituents is 1. The fourth-order valence-electron chi connectivity index (χ4n) is 1.33. The van der Waals surface area contributed by atoms with Crippen LogP contribution in [-0.4, -0.2) is 36.0 Å². The summed E-state index contributed by atoms with van der Waals surface area (Å²) >= 11 is 0. The first kappa shape index (κ1) is 16.1. The highest BCUT2D eigenvalue weighted by atomic mass is 16.6. The molecule has 0 spiro atoms. The zero-order chi connectivity index (χ0) is 15.8. The predicted molar refractivity (Wildman–Crippen MR) is 70.6 cm³/mol. The Balaban J connectivity index is 2.54. The summed E-state index contributed by atoms with van der Waals surface area (Å²) in [5, 5.41) is 14.8. The van der Waals surface area contributed by atoms with Gasteiger partial charge in [-0.1, -0.05) is 6.07 Å². The molecule has 21 heavy (non-hydrogen) atoms. The van der Waals surface area contributed by atoms with E-state index < -0.39 is 29.4 Å². The minimum atomic E-state index is -0.898. The number of hydrogen-bond acceptors (Lipinski definition) is 6. The van der Waals surface area contributed by atoms with Crippen molar-refractivity contribution >= 4 is 23.6 Å². The highest BCUT2D eigenvalue weighted by Crippen LogP contribution is 2.13. The van der Waals surface area contributed by atoms with Crippen LogP contribution in [-0.2, 0) is 9.53 Å². The van der Waals surface area contributed by atoms with Crippen LogP contribution in [0.5, 0.6) is 0 Å². The van der Waals surface area contributed by atoms with E-state index in [0.29, 0.717) is 6.54 Å². The third kappa shape index (κ3) is 5.27. The van der Waals surface area contributed by atoms with Crippen LogP contribution in [0.15, 0.2) is 24.3 Å². The van der Waals surface area contributed by atoms with Crippen LogP contribution in [0.25, 0.3) is 0 Å². The number of benzene rings is 1. The topological polar surface area (TPSA) is 128 Å². The number of hydrogen-bond donors (Lipinski definition) is 2. The molecule has 0 aromatic heterocycles. The lowest BCUT2D eigenvalue weighted by Gasteiger charge is -2.06. The third-order valence-corrected chi connectivity index (χ3v) is 2.22. The number of nitrogens with one attached hydrogen (secondary N) is 2. The van der Waals surface area contributed by atoms with E-state index in [4.69, 9.17) is 0 Å². The Morgan fingerprint density at radius 1 is 1.33 bits per heavy atom. The van der Waals surface area contributed by atoms with Crippen LogP contribution in [0.2, 0.25) is 0 Å². The van der Waals surface area contributed by atoms with Crippen molar-refractivity contribution in [2.45, 2.75) is 6.92 Å². The van der Waals surface area contributed by atoms with Gasteiger partial charge in [0.15, 0.2) is 6.61 Å². The molecule has 1 rings (SSSR count). The average Bonchev–Trinajstić information content (AvgIpc) is 2.45. The summed E-state index contributed by atoms with van der Waals surface area (Å²) in [6, 6.07) is 4.19. The van der Waals surface area contributed by atoms with Gasteiger partial charge < -0.3 is 10.1 Å². The molecule has 112 valence electrons. The number of urea groups is 1. The monoisotopic (exact) mass is 295 g/mol. The Hall–Kier alpha value is -2.97. The summed E-state index contributed by atoms with van der Waals surface area (Å²) < 4.78 is 4.65. The summed E-state index contributed by atoms with van der Waals surface area (Å²) in [4.78, 5) is 43.8. The molecular formula is C12H13N3O6. The molecule has 0 atom stereocenters. The summed E-state index contributed by atoms with van der Waals surface area (Å²) in [5.74, 6) is -1.70. The van der Waals surface area contributed by atoms with Crippen molar-refractivity contribution in [1.82, 2.24) is 10.6 Å². The summed E-state index contributed by atoms with van der Waals surface area (Å²) in [5.41, 5.74) is -0.328. The lowest BCUT2D eigenvalue weighted by Crippen LogP contribution is -2.41. The molecule has 0 radical (unpaired) electrons. The van der Waals surface area contributed by atoms with E-state index in [1.165, 1.54) is 18.2 Å². The van der Waals surface area contributed by atoms with Crippen LogP contribution in [0.3, 0.4) is 0 Å². The predicted octanol–water partition coefficient (Wildman–Crippen LogP) is 0.597. The van der Waals surface area contributed by atoms with Gasteiger partial charge in [0.25, 0.3) is 11.6 Å². The van der Waals surface area contributed by atoms with Gasteiger partial charge in [-0.05, 0) is 13.0 Å². The second-order valence-corrected chi connectivity index (χ2v) is 3.79. The first-order valence-electron chi connectivity index (χ1n) is 5.93.